The highest BCUT2D eigenvalue weighted by Crippen LogP contribution is 2.31. The van der Waals surface area contributed by atoms with Crippen molar-refractivity contribution in [3.05, 3.63) is 41.4 Å². The van der Waals surface area contributed by atoms with Crippen molar-refractivity contribution >= 4 is 38.3 Å². The molecule has 0 aliphatic rings. The molecule has 0 unspecified atom stereocenters. The van der Waals surface area contributed by atoms with Crippen molar-refractivity contribution in [2.24, 2.45) is 0 Å². The van der Waals surface area contributed by atoms with Crippen LogP contribution in [0, 0.1) is 0 Å². The first-order valence-electron chi connectivity index (χ1n) is 5.19. The summed E-state index contributed by atoms with van der Waals surface area (Å²) >= 11 is 9.51. The molecule has 0 atom stereocenters. The summed E-state index contributed by atoms with van der Waals surface area (Å²) < 4.78 is 5.73. The van der Waals surface area contributed by atoms with Crippen LogP contribution in [0.3, 0.4) is 0 Å². The summed E-state index contributed by atoms with van der Waals surface area (Å²) in [5.41, 5.74) is 0. The van der Waals surface area contributed by atoms with Gasteiger partial charge in [0.25, 0.3) is 0 Å². The first-order chi connectivity index (χ1) is 7.83. The summed E-state index contributed by atoms with van der Waals surface area (Å²) in [7, 11) is 0. The Bertz CT molecular complexity index is 484. The minimum absolute atomic E-state index is 0.719. The standard InChI is InChI=1S/C13H12BrClO/c14-8-3-9-16-13-7-6-12(15)10-4-1-2-5-11(10)13/h1-2,4-7H,3,8-9H2. The molecule has 0 radical (unpaired) electrons. The van der Waals surface area contributed by atoms with Crippen LogP contribution in [0.2, 0.25) is 5.02 Å². The molecule has 0 spiro atoms. The van der Waals surface area contributed by atoms with Gasteiger partial charge in [-0.25, -0.2) is 0 Å². The number of benzene rings is 2. The van der Waals surface area contributed by atoms with Gasteiger partial charge in [0.15, 0.2) is 0 Å². The summed E-state index contributed by atoms with van der Waals surface area (Å²) in [6, 6.07) is 11.8. The first-order valence-corrected chi connectivity index (χ1v) is 6.69. The molecule has 0 amide bonds. The lowest BCUT2D eigenvalue weighted by Gasteiger charge is -2.09. The summed E-state index contributed by atoms with van der Waals surface area (Å²) in [5, 5.41) is 3.84. The van der Waals surface area contributed by atoms with E-state index in [1.54, 1.807) is 0 Å². The zero-order chi connectivity index (χ0) is 11.4. The maximum Gasteiger partial charge on any atom is 0.127 e. The Morgan fingerprint density at radius 1 is 1.06 bits per heavy atom. The SMILES string of the molecule is Clc1ccc(OCCCBr)c2ccccc12. The molecule has 0 bridgehead atoms. The predicted octanol–water partition coefficient (Wildman–Crippen LogP) is 4.66. The second kappa shape index (κ2) is 5.55. The quantitative estimate of drug-likeness (QED) is 0.589. The normalized spacial score (nSPS) is 10.6. The Morgan fingerprint density at radius 3 is 2.56 bits per heavy atom. The van der Waals surface area contributed by atoms with Crippen molar-refractivity contribution in [2.75, 3.05) is 11.9 Å². The zero-order valence-electron chi connectivity index (χ0n) is 8.75. The van der Waals surface area contributed by atoms with Crippen LogP contribution in [-0.4, -0.2) is 11.9 Å². The minimum Gasteiger partial charge on any atom is -0.493 e. The summed E-state index contributed by atoms with van der Waals surface area (Å²) in [4.78, 5) is 0. The maximum atomic E-state index is 6.13. The third kappa shape index (κ3) is 2.50. The van der Waals surface area contributed by atoms with Gasteiger partial charge in [0, 0.05) is 21.1 Å². The second-order valence-corrected chi connectivity index (χ2v) is 4.68. The van der Waals surface area contributed by atoms with Crippen molar-refractivity contribution in [3.8, 4) is 5.75 Å². The predicted molar refractivity (Wildman–Crippen MR) is 72.9 cm³/mol. The van der Waals surface area contributed by atoms with E-state index in [4.69, 9.17) is 16.3 Å². The average molecular weight is 300 g/mol. The van der Waals surface area contributed by atoms with E-state index in [0.717, 1.165) is 39.9 Å². The minimum atomic E-state index is 0.719. The lowest BCUT2D eigenvalue weighted by Crippen LogP contribution is -1.98. The molecule has 0 heterocycles. The van der Waals surface area contributed by atoms with Crippen LogP contribution in [0.5, 0.6) is 5.75 Å². The second-order valence-electron chi connectivity index (χ2n) is 3.48. The molecule has 84 valence electrons. The molecule has 0 fully saturated rings. The van der Waals surface area contributed by atoms with Gasteiger partial charge in [0.05, 0.1) is 6.61 Å². The first kappa shape index (κ1) is 11.7. The monoisotopic (exact) mass is 298 g/mol. The van der Waals surface area contributed by atoms with Crippen LogP contribution >= 0.6 is 27.5 Å². The van der Waals surface area contributed by atoms with Gasteiger partial charge in [-0.1, -0.05) is 51.8 Å². The third-order valence-electron chi connectivity index (χ3n) is 2.37. The summed E-state index contributed by atoms with van der Waals surface area (Å²) in [6.07, 6.45) is 0.997. The molecule has 0 N–H and O–H groups in total. The van der Waals surface area contributed by atoms with E-state index in [0.29, 0.717) is 0 Å². The maximum absolute atomic E-state index is 6.13. The molecule has 16 heavy (non-hydrogen) atoms. The molecule has 3 heteroatoms. The van der Waals surface area contributed by atoms with Crippen LogP contribution in [0.25, 0.3) is 10.8 Å². The smallest absolute Gasteiger partial charge is 0.127 e. The van der Waals surface area contributed by atoms with Gasteiger partial charge in [0.2, 0.25) is 0 Å². The van der Waals surface area contributed by atoms with Crippen molar-refractivity contribution in [1.29, 1.82) is 0 Å². The number of hydrogen-bond acceptors (Lipinski definition) is 1. The molecular formula is C13H12BrClO. The van der Waals surface area contributed by atoms with Crippen LogP contribution < -0.4 is 4.74 Å². The lowest BCUT2D eigenvalue weighted by atomic mass is 10.1. The van der Waals surface area contributed by atoms with Gasteiger partial charge in [-0.05, 0) is 18.6 Å². The molecule has 2 aromatic carbocycles. The van der Waals surface area contributed by atoms with E-state index >= 15 is 0 Å². The van der Waals surface area contributed by atoms with Gasteiger partial charge in [-0.3, -0.25) is 0 Å². The molecule has 0 aliphatic heterocycles. The Kier molecular flexibility index (Phi) is 4.08. The fourth-order valence-corrected chi connectivity index (χ4v) is 2.05. The summed E-state index contributed by atoms with van der Waals surface area (Å²) in [5.74, 6) is 0.904. The Balaban J connectivity index is 2.35. The van der Waals surface area contributed by atoms with Gasteiger partial charge < -0.3 is 4.74 Å². The Morgan fingerprint density at radius 2 is 1.81 bits per heavy atom. The van der Waals surface area contributed by atoms with Gasteiger partial charge >= 0.3 is 0 Å². The fourth-order valence-electron chi connectivity index (χ4n) is 1.60. The largest absolute Gasteiger partial charge is 0.493 e. The Hall–Kier alpha value is -0.730. The topological polar surface area (TPSA) is 9.23 Å². The molecular weight excluding hydrogens is 287 g/mol. The molecule has 2 rings (SSSR count). The van der Waals surface area contributed by atoms with E-state index in [9.17, 15) is 0 Å². The van der Waals surface area contributed by atoms with E-state index in [-0.39, 0.29) is 0 Å². The van der Waals surface area contributed by atoms with E-state index < -0.39 is 0 Å². The van der Waals surface area contributed by atoms with Crippen molar-refractivity contribution < 1.29 is 4.74 Å². The van der Waals surface area contributed by atoms with Crippen molar-refractivity contribution in [2.45, 2.75) is 6.42 Å². The van der Waals surface area contributed by atoms with Crippen LogP contribution in [-0.2, 0) is 0 Å². The molecule has 0 saturated carbocycles. The molecule has 0 saturated heterocycles. The number of halogens is 2. The highest BCUT2D eigenvalue weighted by Gasteiger charge is 2.04. The van der Waals surface area contributed by atoms with Crippen LogP contribution in [0.1, 0.15) is 6.42 Å². The average Bonchev–Trinajstić information content (AvgIpc) is 2.33. The van der Waals surface area contributed by atoms with Gasteiger partial charge in [-0.15, -0.1) is 0 Å². The zero-order valence-corrected chi connectivity index (χ0v) is 11.1. The molecule has 0 aromatic heterocycles. The Labute approximate surface area is 108 Å². The highest BCUT2D eigenvalue weighted by molar-refractivity contribution is 9.09. The van der Waals surface area contributed by atoms with Crippen LogP contribution in [0.4, 0.5) is 0 Å². The molecule has 1 nitrogen and oxygen atoms in total. The van der Waals surface area contributed by atoms with Gasteiger partial charge in [0.1, 0.15) is 5.75 Å². The number of alkyl halides is 1. The number of hydrogen-bond donors (Lipinski definition) is 0. The lowest BCUT2D eigenvalue weighted by molar-refractivity contribution is 0.323. The van der Waals surface area contributed by atoms with E-state index in [1.165, 1.54) is 0 Å². The fraction of sp³-hybridized carbons (Fsp3) is 0.231. The van der Waals surface area contributed by atoms with Gasteiger partial charge in [-0.2, -0.15) is 0 Å². The molecule has 0 aliphatic carbocycles. The van der Waals surface area contributed by atoms with E-state index in [1.807, 2.05) is 36.4 Å². The van der Waals surface area contributed by atoms with Crippen molar-refractivity contribution in [1.82, 2.24) is 0 Å². The number of ether oxygens (including phenoxy) is 1. The van der Waals surface area contributed by atoms with Crippen LogP contribution in [0.15, 0.2) is 36.4 Å². The molecule has 2 aromatic rings. The number of fused-ring (bicyclic) bond motifs is 1. The summed E-state index contributed by atoms with van der Waals surface area (Å²) in [6.45, 7) is 0.719. The highest BCUT2D eigenvalue weighted by atomic mass is 79.9. The van der Waals surface area contributed by atoms with E-state index in [2.05, 4.69) is 15.9 Å². The van der Waals surface area contributed by atoms with Crippen molar-refractivity contribution in [3.63, 3.8) is 0 Å². The third-order valence-corrected chi connectivity index (χ3v) is 3.26. The number of rotatable bonds is 4.